The van der Waals surface area contributed by atoms with Crippen molar-refractivity contribution in [2.24, 2.45) is 0 Å². The summed E-state index contributed by atoms with van der Waals surface area (Å²) in [5.74, 6) is -3.01. The molecule has 0 aliphatic carbocycles. The van der Waals surface area contributed by atoms with Crippen LogP contribution in [0.5, 0.6) is 0 Å². The minimum absolute atomic E-state index is 0.556. The number of methoxy groups -OCH3 is 1. The van der Waals surface area contributed by atoms with Gasteiger partial charge in [0.25, 0.3) is 11.7 Å². The van der Waals surface area contributed by atoms with Crippen molar-refractivity contribution in [2.45, 2.75) is 12.8 Å². The number of hydrogen-bond acceptors (Lipinski definition) is 6. The number of amides is 1. The second-order valence-corrected chi connectivity index (χ2v) is 3.89. The van der Waals surface area contributed by atoms with E-state index in [-0.39, 0.29) is 0 Å². The number of esters is 2. The van der Waals surface area contributed by atoms with Crippen molar-refractivity contribution in [3.63, 3.8) is 0 Å². The lowest BCUT2D eigenvalue weighted by molar-refractivity contribution is -0.150. The first kappa shape index (κ1) is 14.9. The third kappa shape index (κ3) is 4.90. The second kappa shape index (κ2) is 7.30. The largest absolute Gasteiger partial charge is 0.466 e. The molecule has 0 radical (unpaired) electrons. The van der Waals surface area contributed by atoms with Crippen molar-refractivity contribution in [1.82, 2.24) is 4.90 Å². The molecule has 0 bridgehead atoms. The third-order valence-electron chi connectivity index (χ3n) is 2.53. The molecule has 0 aromatic heterocycles. The molecular weight excluding hydrogens is 254 g/mol. The minimum atomic E-state index is -0.882. The summed E-state index contributed by atoms with van der Waals surface area (Å²) < 4.78 is 8.82. The van der Waals surface area contributed by atoms with E-state index < -0.39 is 30.2 Å². The van der Waals surface area contributed by atoms with E-state index in [0.29, 0.717) is 13.1 Å². The van der Waals surface area contributed by atoms with Gasteiger partial charge in [0.15, 0.2) is 6.61 Å². The van der Waals surface area contributed by atoms with E-state index in [0.717, 1.165) is 32.1 Å². The Bertz CT molecular complexity index is 408. The van der Waals surface area contributed by atoms with Crippen LogP contribution in [0, 0.1) is 0 Å². The number of nitrogens with zero attached hydrogens (tertiary/aromatic N) is 1. The van der Waals surface area contributed by atoms with Gasteiger partial charge in [-0.15, -0.1) is 0 Å². The molecule has 0 unspecified atom stereocenters. The zero-order valence-corrected chi connectivity index (χ0v) is 10.6. The molecule has 0 spiro atoms. The summed E-state index contributed by atoms with van der Waals surface area (Å²) >= 11 is 0. The molecule has 19 heavy (non-hydrogen) atoms. The second-order valence-electron chi connectivity index (χ2n) is 3.89. The zero-order valence-electron chi connectivity index (χ0n) is 10.6. The summed E-state index contributed by atoms with van der Waals surface area (Å²) in [4.78, 5) is 46.2. The maximum atomic E-state index is 11.6. The van der Waals surface area contributed by atoms with Crippen LogP contribution in [0.3, 0.4) is 0 Å². The number of ether oxygens (including phenoxy) is 2. The van der Waals surface area contributed by atoms with E-state index in [1.165, 1.54) is 4.90 Å². The molecule has 1 fully saturated rings. The van der Waals surface area contributed by atoms with Gasteiger partial charge in [-0.3, -0.25) is 9.59 Å². The standard InChI is InChI=1S/C12H15NO6/c1-18-10(15)4-5-11(16)19-8-9(14)12(17)13-6-2-3-7-13/h4-5H,2-3,6-8H2,1H3/b5-4+. The maximum Gasteiger partial charge on any atom is 0.331 e. The Balaban J connectivity index is 2.33. The lowest BCUT2D eigenvalue weighted by Gasteiger charge is -2.13. The van der Waals surface area contributed by atoms with Crippen molar-refractivity contribution >= 4 is 23.6 Å². The fourth-order valence-electron chi connectivity index (χ4n) is 1.55. The number of carbonyl (C=O) groups excluding carboxylic acids is 4. The van der Waals surface area contributed by atoms with E-state index in [1.807, 2.05) is 0 Å². The summed E-state index contributed by atoms with van der Waals surface area (Å²) in [5, 5.41) is 0. The highest BCUT2D eigenvalue weighted by Crippen LogP contribution is 2.07. The maximum absolute atomic E-state index is 11.6. The smallest absolute Gasteiger partial charge is 0.331 e. The Morgan fingerprint density at radius 1 is 1.05 bits per heavy atom. The summed E-state index contributed by atoms with van der Waals surface area (Å²) in [5.41, 5.74) is 0. The first-order valence-electron chi connectivity index (χ1n) is 5.79. The van der Waals surface area contributed by atoms with Gasteiger partial charge in [0.05, 0.1) is 7.11 Å². The molecule has 7 heteroatoms. The van der Waals surface area contributed by atoms with Gasteiger partial charge < -0.3 is 14.4 Å². The van der Waals surface area contributed by atoms with Crippen molar-refractivity contribution in [1.29, 1.82) is 0 Å². The number of likely N-dealkylation sites (tertiary alicyclic amines) is 1. The molecule has 1 amide bonds. The lowest BCUT2D eigenvalue weighted by atomic mass is 10.3. The SMILES string of the molecule is COC(=O)/C=C/C(=O)OCC(=O)C(=O)N1CCCC1. The number of rotatable bonds is 5. The topological polar surface area (TPSA) is 90.0 Å². The van der Waals surface area contributed by atoms with Gasteiger partial charge in [0.1, 0.15) is 0 Å². The van der Waals surface area contributed by atoms with Crippen LogP contribution in [0.1, 0.15) is 12.8 Å². The lowest BCUT2D eigenvalue weighted by Crippen LogP contribution is -2.36. The number of ketones is 1. The summed E-state index contributed by atoms with van der Waals surface area (Å²) in [6.07, 6.45) is 3.45. The molecule has 0 aromatic rings. The Labute approximate surface area is 110 Å². The molecule has 104 valence electrons. The number of carbonyl (C=O) groups is 4. The van der Waals surface area contributed by atoms with Crippen LogP contribution < -0.4 is 0 Å². The zero-order chi connectivity index (χ0) is 14.3. The highest BCUT2D eigenvalue weighted by Gasteiger charge is 2.24. The highest BCUT2D eigenvalue weighted by atomic mass is 16.5. The molecule has 0 aromatic carbocycles. The van der Waals surface area contributed by atoms with E-state index in [4.69, 9.17) is 0 Å². The van der Waals surface area contributed by atoms with Gasteiger partial charge >= 0.3 is 11.9 Å². The molecule has 0 atom stereocenters. The predicted octanol–water partition coefficient (Wildman–Crippen LogP) is -0.550. The van der Waals surface area contributed by atoms with Gasteiger partial charge in [-0.1, -0.05) is 0 Å². The summed E-state index contributed by atoms with van der Waals surface area (Å²) in [6.45, 7) is 0.487. The minimum Gasteiger partial charge on any atom is -0.466 e. The quantitative estimate of drug-likeness (QED) is 0.378. The molecule has 1 aliphatic heterocycles. The summed E-state index contributed by atoms with van der Waals surface area (Å²) in [6, 6.07) is 0. The Morgan fingerprint density at radius 3 is 2.21 bits per heavy atom. The normalized spacial score (nSPS) is 14.5. The Hall–Kier alpha value is -2.18. The number of hydrogen-bond donors (Lipinski definition) is 0. The van der Waals surface area contributed by atoms with E-state index >= 15 is 0 Å². The van der Waals surface area contributed by atoms with Crippen LogP contribution in [0.4, 0.5) is 0 Å². The highest BCUT2D eigenvalue weighted by molar-refractivity contribution is 6.36. The van der Waals surface area contributed by atoms with Crippen LogP contribution in [-0.4, -0.2) is 55.3 Å². The third-order valence-corrected chi connectivity index (χ3v) is 2.53. The predicted molar refractivity (Wildman–Crippen MR) is 62.9 cm³/mol. The molecule has 1 rings (SSSR count). The van der Waals surface area contributed by atoms with Gasteiger partial charge in [-0.2, -0.15) is 0 Å². The van der Waals surface area contributed by atoms with E-state index in [2.05, 4.69) is 9.47 Å². The first-order valence-corrected chi connectivity index (χ1v) is 5.79. The molecular formula is C12H15NO6. The fraction of sp³-hybridized carbons (Fsp3) is 0.500. The fourth-order valence-corrected chi connectivity index (χ4v) is 1.55. The van der Waals surface area contributed by atoms with Crippen molar-refractivity contribution < 1.29 is 28.7 Å². The molecule has 0 saturated carbocycles. The Kier molecular flexibility index (Phi) is 5.72. The first-order chi connectivity index (χ1) is 9.04. The number of Topliss-reactive ketones (excluding diaryl/α,β-unsaturated/α-hetero) is 1. The molecule has 0 N–H and O–H groups in total. The molecule has 7 nitrogen and oxygen atoms in total. The van der Waals surface area contributed by atoms with Gasteiger partial charge in [-0.25, -0.2) is 9.59 Å². The van der Waals surface area contributed by atoms with Gasteiger partial charge in [0.2, 0.25) is 0 Å². The average Bonchev–Trinajstić information content (AvgIpc) is 2.95. The monoisotopic (exact) mass is 269 g/mol. The summed E-state index contributed by atoms with van der Waals surface area (Å²) in [7, 11) is 1.16. The molecule has 1 aliphatic rings. The van der Waals surface area contributed by atoms with E-state index in [9.17, 15) is 19.2 Å². The van der Waals surface area contributed by atoms with Crippen LogP contribution in [-0.2, 0) is 28.7 Å². The van der Waals surface area contributed by atoms with E-state index in [1.54, 1.807) is 0 Å². The Morgan fingerprint density at radius 2 is 1.63 bits per heavy atom. The average molecular weight is 269 g/mol. The van der Waals surface area contributed by atoms with Crippen molar-refractivity contribution in [3.8, 4) is 0 Å². The molecule has 1 saturated heterocycles. The van der Waals surface area contributed by atoms with Gasteiger partial charge in [-0.05, 0) is 12.8 Å². The van der Waals surface area contributed by atoms with Crippen molar-refractivity contribution in [3.05, 3.63) is 12.2 Å². The molecule has 1 heterocycles. The van der Waals surface area contributed by atoms with Crippen molar-refractivity contribution in [2.75, 3.05) is 26.8 Å². The van der Waals surface area contributed by atoms with Crippen LogP contribution >= 0.6 is 0 Å². The van der Waals surface area contributed by atoms with Crippen LogP contribution in [0.15, 0.2) is 12.2 Å². The van der Waals surface area contributed by atoms with Crippen LogP contribution in [0.2, 0.25) is 0 Å². The van der Waals surface area contributed by atoms with Gasteiger partial charge in [0, 0.05) is 25.2 Å². The van der Waals surface area contributed by atoms with Crippen LogP contribution in [0.25, 0.3) is 0 Å².